The Balaban J connectivity index is 2.70. The smallest absolute Gasteiger partial charge is 0.311 e. The van der Waals surface area contributed by atoms with E-state index in [1.165, 1.54) is 0 Å². The second-order valence-corrected chi connectivity index (χ2v) is 13.9. The summed E-state index contributed by atoms with van der Waals surface area (Å²) in [7, 11) is -1.88. The zero-order valence-corrected chi connectivity index (χ0v) is 16.5. The number of carbonyl (C=O) groups excluding carboxylic acids is 1. The van der Waals surface area contributed by atoms with E-state index in [2.05, 4.69) is 33.9 Å². The van der Waals surface area contributed by atoms with Crippen molar-refractivity contribution in [3.8, 4) is 0 Å². The van der Waals surface area contributed by atoms with Crippen molar-refractivity contribution >= 4 is 14.3 Å². The highest BCUT2D eigenvalue weighted by Gasteiger charge is 2.42. The number of carbonyl (C=O) groups is 1. The number of ether oxygens (including phenoxy) is 1. The Morgan fingerprint density at radius 2 is 1.50 bits per heavy atom. The molecule has 22 heavy (non-hydrogen) atoms. The SMILES string of the molecule is CC(C)(C)C(=O)O[C@@H]1C[C@@H](O)C[C@@H](O[Si](C)(C)C(C)(C)C)C1. The van der Waals surface area contributed by atoms with E-state index in [1.807, 2.05) is 20.8 Å². The van der Waals surface area contributed by atoms with Gasteiger partial charge in [-0.25, -0.2) is 0 Å². The maximum Gasteiger partial charge on any atom is 0.311 e. The maximum absolute atomic E-state index is 12.1. The van der Waals surface area contributed by atoms with Crippen LogP contribution in [0.2, 0.25) is 18.1 Å². The van der Waals surface area contributed by atoms with Crippen molar-refractivity contribution in [3.63, 3.8) is 0 Å². The third-order valence-corrected chi connectivity index (χ3v) is 9.28. The van der Waals surface area contributed by atoms with Gasteiger partial charge in [-0.05, 0) is 45.3 Å². The Kier molecular flexibility index (Phi) is 5.91. The molecule has 0 aromatic heterocycles. The fourth-order valence-corrected chi connectivity index (χ4v) is 3.68. The van der Waals surface area contributed by atoms with E-state index in [9.17, 15) is 9.90 Å². The molecule has 1 N–H and O–H groups in total. The first-order valence-electron chi connectivity index (χ1n) is 8.29. The minimum Gasteiger partial charge on any atom is -0.462 e. The summed E-state index contributed by atoms with van der Waals surface area (Å²) in [5, 5.41) is 10.2. The first kappa shape index (κ1) is 19.7. The molecular formula is C17H34O4Si. The lowest BCUT2D eigenvalue weighted by Crippen LogP contribution is -2.48. The molecule has 0 heterocycles. The van der Waals surface area contributed by atoms with Gasteiger partial charge in [-0.2, -0.15) is 0 Å². The Morgan fingerprint density at radius 3 is 1.95 bits per heavy atom. The van der Waals surface area contributed by atoms with Crippen LogP contribution in [-0.2, 0) is 14.0 Å². The van der Waals surface area contributed by atoms with Gasteiger partial charge in [0.15, 0.2) is 8.32 Å². The third kappa shape index (κ3) is 5.35. The van der Waals surface area contributed by atoms with Crippen LogP contribution in [0.4, 0.5) is 0 Å². The molecule has 0 unspecified atom stereocenters. The Hall–Kier alpha value is -0.393. The first-order valence-corrected chi connectivity index (χ1v) is 11.2. The van der Waals surface area contributed by atoms with Crippen LogP contribution in [0.3, 0.4) is 0 Å². The molecule has 0 spiro atoms. The van der Waals surface area contributed by atoms with Gasteiger partial charge in [0.25, 0.3) is 0 Å². The van der Waals surface area contributed by atoms with Crippen LogP contribution >= 0.6 is 0 Å². The molecule has 1 aliphatic carbocycles. The monoisotopic (exact) mass is 330 g/mol. The van der Waals surface area contributed by atoms with Gasteiger partial charge in [0, 0.05) is 12.8 Å². The van der Waals surface area contributed by atoms with Gasteiger partial charge in [-0.3, -0.25) is 4.79 Å². The summed E-state index contributed by atoms with van der Waals surface area (Å²) < 4.78 is 12.0. The molecule has 1 rings (SSSR count). The predicted molar refractivity (Wildman–Crippen MR) is 91.3 cm³/mol. The lowest BCUT2D eigenvalue weighted by Gasteiger charge is -2.42. The largest absolute Gasteiger partial charge is 0.462 e. The number of hydrogen-bond donors (Lipinski definition) is 1. The molecule has 0 saturated heterocycles. The van der Waals surface area contributed by atoms with Crippen LogP contribution in [0.15, 0.2) is 0 Å². The average Bonchev–Trinajstić information content (AvgIpc) is 2.23. The second-order valence-electron chi connectivity index (χ2n) is 9.14. The summed E-state index contributed by atoms with van der Waals surface area (Å²) in [6.07, 6.45) is 1.11. The van der Waals surface area contributed by atoms with Crippen LogP contribution in [0, 0.1) is 5.41 Å². The van der Waals surface area contributed by atoms with Crippen LogP contribution in [-0.4, -0.2) is 37.7 Å². The van der Waals surface area contributed by atoms with Crippen molar-refractivity contribution in [3.05, 3.63) is 0 Å². The Morgan fingerprint density at radius 1 is 1.00 bits per heavy atom. The summed E-state index contributed by atoms with van der Waals surface area (Å²) in [5.41, 5.74) is -0.516. The van der Waals surface area contributed by atoms with E-state index < -0.39 is 19.8 Å². The number of esters is 1. The molecule has 0 aliphatic heterocycles. The van der Waals surface area contributed by atoms with Crippen LogP contribution in [0.25, 0.3) is 0 Å². The number of aliphatic hydroxyl groups excluding tert-OH is 1. The molecule has 0 amide bonds. The molecule has 1 aliphatic rings. The summed E-state index contributed by atoms with van der Waals surface area (Å²) >= 11 is 0. The molecule has 4 nitrogen and oxygen atoms in total. The van der Waals surface area contributed by atoms with Gasteiger partial charge in [-0.1, -0.05) is 20.8 Å². The highest BCUT2D eigenvalue weighted by molar-refractivity contribution is 6.74. The normalized spacial score (nSPS) is 27.6. The second kappa shape index (κ2) is 6.61. The molecule has 130 valence electrons. The van der Waals surface area contributed by atoms with Crippen molar-refractivity contribution in [1.82, 2.24) is 0 Å². The minimum absolute atomic E-state index is 0.0255. The van der Waals surface area contributed by atoms with E-state index in [1.54, 1.807) is 0 Å². The number of aliphatic hydroxyl groups is 1. The number of hydrogen-bond acceptors (Lipinski definition) is 4. The minimum atomic E-state index is -1.88. The van der Waals surface area contributed by atoms with E-state index in [4.69, 9.17) is 9.16 Å². The topological polar surface area (TPSA) is 55.8 Å². The lowest BCUT2D eigenvalue weighted by molar-refractivity contribution is -0.164. The molecule has 0 aromatic carbocycles. The third-order valence-electron chi connectivity index (χ3n) is 4.75. The van der Waals surface area contributed by atoms with Crippen LogP contribution in [0.1, 0.15) is 60.8 Å². The molecule has 0 radical (unpaired) electrons. The fourth-order valence-electron chi connectivity index (χ4n) is 2.30. The average molecular weight is 331 g/mol. The van der Waals surface area contributed by atoms with Crippen LogP contribution in [0.5, 0.6) is 0 Å². The zero-order valence-electron chi connectivity index (χ0n) is 15.5. The summed E-state index contributed by atoms with van der Waals surface area (Å²) in [6.45, 7) is 16.6. The van der Waals surface area contributed by atoms with Gasteiger partial charge in [0.05, 0.1) is 17.6 Å². The van der Waals surface area contributed by atoms with E-state index in [0.29, 0.717) is 19.3 Å². The van der Waals surface area contributed by atoms with Crippen molar-refractivity contribution < 1.29 is 19.1 Å². The molecular weight excluding hydrogens is 296 g/mol. The highest BCUT2D eigenvalue weighted by Crippen LogP contribution is 2.39. The highest BCUT2D eigenvalue weighted by atomic mass is 28.4. The van der Waals surface area contributed by atoms with Crippen molar-refractivity contribution in [2.75, 3.05) is 0 Å². The van der Waals surface area contributed by atoms with Gasteiger partial charge < -0.3 is 14.3 Å². The quantitative estimate of drug-likeness (QED) is 0.630. The van der Waals surface area contributed by atoms with Gasteiger partial charge in [0.2, 0.25) is 0 Å². The van der Waals surface area contributed by atoms with Gasteiger partial charge in [0.1, 0.15) is 6.10 Å². The summed E-state index contributed by atoms with van der Waals surface area (Å²) in [6, 6.07) is 0. The van der Waals surface area contributed by atoms with Crippen LogP contribution < -0.4 is 0 Å². The molecule has 1 saturated carbocycles. The van der Waals surface area contributed by atoms with Crippen molar-refractivity contribution in [2.45, 2.75) is 97.2 Å². The van der Waals surface area contributed by atoms with Crippen molar-refractivity contribution in [2.24, 2.45) is 5.41 Å². The van der Waals surface area contributed by atoms with E-state index in [-0.39, 0.29) is 23.2 Å². The molecule has 1 fully saturated rings. The van der Waals surface area contributed by atoms with Gasteiger partial charge in [-0.15, -0.1) is 0 Å². The van der Waals surface area contributed by atoms with Crippen molar-refractivity contribution in [1.29, 1.82) is 0 Å². The lowest BCUT2D eigenvalue weighted by atomic mass is 9.91. The standard InChI is InChI=1S/C17H34O4Si/c1-16(2,3)15(19)20-13-9-12(18)10-14(11-13)21-22(7,8)17(4,5)6/h12-14,18H,9-11H2,1-8H3/t12-,13-,14-/m1/s1. The molecule has 3 atom stereocenters. The van der Waals surface area contributed by atoms with E-state index in [0.717, 1.165) is 0 Å². The fraction of sp³-hybridized carbons (Fsp3) is 0.941. The maximum atomic E-state index is 12.1. The molecule has 5 heteroatoms. The zero-order chi connectivity index (χ0) is 17.3. The Labute approximate surface area is 136 Å². The molecule has 0 aromatic rings. The molecule has 0 bridgehead atoms. The predicted octanol–water partition coefficient (Wildman–Crippen LogP) is 3.88. The number of rotatable bonds is 3. The van der Waals surface area contributed by atoms with E-state index >= 15 is 0 Å². The van der Waals surface area contributed by atoms with Gasteiger partial charge >= 0.3 is 5.97 Å². The summed E-state index contributed by atoms with van der Waals surface area (Å²) in [5.74, 6) is -0.210. The first-order chi connectivity index (χ1) is 9.72. The Bertz CT molecular complexity index is 392. The summed E-state index contributed by atoms with van der Waals surface area (Å²) in [4.78, 5) is 12.1.